The molecule has 7 nitrogen and oxygen atoms in total. The number of aromatic nitrogens is 5. The first-order chi connectivity index (χ1) is 10.2. The maximum atomic E-state index is 12.6. The van der Waals surface area contributed by atoms with Crippen molar-refractivity contribution in [3.63, 3.8) is 0 Å². The van der Waals surface area contributed by atoms with Gasteiger partial charge in [-0.3, -0.25) is 9.48 Å². The summed E-state index contributed by atoms with van der Waals surface area (Å²) in [5.41, 5.74) is 0.888. The van der Waals surface area contributed by atoms with Crippen molar-refractivity contribution in [3.8, 4) is 0 Å². The summed E-state index contributed by atoms with van der Waals surface area (Å²) in [6, 6.07) is 0.319. The van der Waals surface area contributed by atoms with E-state index in [4.69, 9.17) is 0 Å². The van der Waals surface area contributed by atoms with Crippen LogP contribution in [0.1, 0.15) is 42.0 Å². The fraction of sp³-hybridized carbons (Fsp3) is 0.538. The highest BCUT2D eigenvalue weighted by Crippen LogP contribution is 2.21. The van der Waals surface area contributed by atoms with E-state index in [9.17, 15) is 4.79 Å². The third-order valence-corrected chi connectivity index (χ3v) is 4.32. The molecule has 1 N–H and O–H groups in total. The molecular weight excluding hydrogens is 336 g/mol. The van der Waals surface area contributed by atoms with Gasteiger partial charge in [0, 0.05) is 6.54 Å². The lowest BCUT2D eigenvalue weighted by atomic mass is 10.1. The number of aryl methyl sites for hydroxylation is 1. The van der Waals surface area contributed by atoms with Gasteiger partial charge in [0.15, 0.2) is 5.69 Å². The van der Waals surface area contributed by atoms with E-state index in [2.05, 4.69) is 36.7 Å². The lowest BCUT2D eigenvalue weighted by Gasteiger charge is -2.22. The van der Waals surface area contributed by atoms with Gasteiger partial charge in [0.1, 0.15) is 5.69 Å². The molecule has 0 amide bonds. The van der Waals surface area contributed by atoms with E-state index in [1.54, 1.807) is 17.1 Å². The molecule has 0 saturated carbocycles. The third-order valence-electron chi connectivity index (χ3n) is 3.74. The molecular formula is C13H17BrN6O. The average Bonchev–Trinajstić information content (AvgIpc) is 3.14. The fourth-order valence-electron chi connectivity index (χ4n) is 2.58. The Kier molecular flexibility index (Phi) is 4.16. The van der Waals surface area contributed by atoms with E-state index < -0.39 is 0 Å². The molecule has 0 radical (unpaired) electrons. The first-order valence-electron chi connectivity index (χ1n) is 7.09. The Labute approximate surface area is 130 Å². The maximum absolute atomic E-state index is 12.6. The predicted molar refractivity (Wildman–Crippen MR) is 80.2 cm³/mol. The molecule has 0 spiro atoms. The minimum absolute atomic E-state index is 0.151. The highest BCUT2D eigenvalue weighted by molar-refractivity contribution is 9.10. The maximum Gasteiger partial charge on any atom is 0.234 e. The molecule has 1 fully saturated rings. The largest absolute Gasteiger partial charge is 0.317 e. The van der Waals surface area contributed by atoms with Gasteiger partial charge in [0.05, 0.1) is 22.9 Å². The van der Waals surface area contributed by atoms with Gasteiger partial charge >= 0.3 is 0 Å². The van der Waals surface area contributed by atoms with Crippen molar-refractivity contribution < 1.29 is 4.79 Å². The molecule has 0 atom stereocenters. The Morgan fingerprint density at radius 3 is 2.95 bits per heavy atom. The zero-order chi connectivity index (χ0) is 14.8. The fourth-order valence-corrected chi connectivity index (χ4v) is 3.06. The summed E-state index contributed by atoms with van der Waals surface area (Å²) < 4.78 is 4.16. The van der Waals surface area contributed by atoms with Gasteiger partial charge in [0.2, 0.25) is 5.78 Å². The van der Waals surface area contributed by atoms with Crippen molar-refractivity contribution in [2.24, 2.45) is 0 Å². The van der Waals surface area contributed by atoms with Gasteiger partial charge < -0.3 is 5.32 Å². The molecule has 1 saturated heterocycles. The zero-order valence-corrected chi connectivity index (χ0v) is 13.4. The number of rotatable bonds is 4. The molecule has 0 unspecified atom stereocenters. The molecule has 0 bridgehead atoms. The summed E-state index contributed by atoms with van der Waals surface area (Å²) in [5.74, 6) is -0.151. The van der Waals surface area contributed by atoms with Crippen LogP contribution in [-0.4, -0.2) is 43.6 Å². The Balaban J connectivity index is 1.85. The number of hydrogen-bond acceptors (Lipinski definition) is 5. The van der Waals surface area contributed by atoms with Crippen molar-refractivity contribution in [1.29, 1.82) is 0 Å². The van der Waals surface area contributed by atoms with Gasteiger partial charge in [-0.1, -0.05) is 5.21 Å². The molecule has 3 rings (SSSR count). The first kappa shape index (κ1) is 14.4. The van der Waals surface area contributed by atoms with E-state index >= 15 is 0 Å². The second kappa shape index (κ2) is 6.07. The first-order valence-corrected chi connectivity index (χ1v) is 7.88. The number of nitrogens with zero attached hydrogens (tertiary/aromatic N) is 5. The number of halogens is 1. The molecule has 2 aromatic rings. The number of hydrogen-bond donors (Lipinski definition) is 1. The highest BCUT2D eigenvalue weighted by Gasteiger charge is 2.23. The van der Waals surface area contributed by atoms with E-state index in [0.717, 1.165) is 25.9 Å². The van der Waals surface area contributed by atoms with Crippen molar-refractivity contribution in [1.82, 2.24) is 30.1 Å². The molecule has 1 aliphatic rings. The SMILES string of the molecule is CCn1ncc(Br)c1C(=O)c1cn(C2CCNCC2)nn1. The molecule has 21 heavy (non-hydrogen) atoms. The van der Waals surface area contributed by atoms with E-state index in [-0.39, 0.29) is 5.78 Å². The van der Waals surface area contributed by atoms with Gasteiger partial charge in [-0.15, -0.1) is 5.10 Å². The van der Waals surface area contributed by atoms with Crippen LogP contribution in [0.4, 0.5) is 0 Å². The number of ketones is 1. The third kappa shape index (κ3) is 2.77. The molecule has 0 aliphatic carbocycles. The van der Waals surface area contributed by atoms with Crippen molar-refractivity contribution in [3.05, 3.63) is 28.3 Å². The molecule has 1 aliphatic heterocycles. The van der Waals surface area contributed by atoms with Crippen LogP contribution in [0, 0.1) is 0 Å². The number of nitrogens with one attached hydrogen (secondary N) is 1. The summed E-state index contributed by atoms with van der Waals surface area (Å²) in [6.45, 7) is 4.53. The van der Waals surface area contributed by atoms with E-state index in [1.165, 1.54) is 0 Å². The average molecular weight is 353 g/mol. The Bertz CT molecular complexity index is 643. The quantitative estimate of drug-likeness (QED) is 0.841. The van der Waals surface area contributed by atoms with Crippen LogP contribution in [0.5, 0.6) is 0 Å². The van der Waals surface area contributed by atoms with Gasteiger partial charge in [-0.2, -0.15) is 5.10 Å². The summed E-state index contributed by atoms with van der Waals surface area (Å²) in [4.78, 5) is 12.6. The number of carbonyl (C=O) groups is 1. The second-order valence-electron chi connectivity index (χ2n) is 5.05. The topological polar surface area (TPSA) is 77.6 Å². The number of piperidine rings is 1. The van der Waals surface area contributed by atoms with Crippen molar-refractivity contribution in [2.75, 3.05) is 13.1 Å². The van der Waals surface area contributed by atoms with E-state index in [0.29, 0.717) is 28.4 Å². The summed E-state index contributed by atoms with van der Waals surface area (Å²) in [5, 5.41) is 15.6. The van der Waals surface area contributed by atoms with Crippen molar-refractivity contribution in [2.45, 2.75) is 32.4 Å². The lowest BCUT2D eigenvalue weighted by Crippen LogP contribution is -2.29. The van der Waals surface area contributed by atoms with Crippen LogP contribution in [0.15, 0.2) is 16.9 Å². The zero-order valence-electron chi connectivity index (χ0n) is 11.8. The van der Waals surface area contributed by atoms with Crippen LogP contribution in [0.3, 0.4) is 0 Å². The minimum atomic E-state index is -0.151. The molecule has 8 heteroatoms. The summed E-state index contributed by atoms with van der Waals surface area (Å²) in [6.07, 6.45) is 5.40. The molecule has 0 aromatic carbocycles. The minimum Gasteiger partial charge on any atom is -0.317 e. The monoisotopic (exact) mass is 352 g/mol. The Morgan fingerprint density at radius 1 is 1.48 bits per heavy atom. The predicted octanol–water partition coefficient (Wildman–Crippen LogP) is 1.41. The molecule has 3 heterocycles. The van der Waals surface area contributed by atoms with Crippen LogP contribution in [-0.2, 0) is 6.54 Å². The Hall–Kier alpha value is -1.54. The normalized spacial score (nSPS) is 16.3. The van der Waals surface area contributed by atoms with E-state index in [1.807, 2.05) is 11.6 Å². The van der Waals surface area contributed by atoms with Gasteiger partial charge in [0.25, 0.3) is 0 Å². The molecule has 112 valence electrons. The van der Waals surface area contributed by atoms with Crippen LogP contribution < -0.4 is 5.32 Å². The highest BCUT2D eigenvalue weighted by atomic mass is 79.9. The molecule has 2 aromatic heterocycles. The summed E-state index contributed by atoms with van der Waals surface area (Å²) in [7, 11) is 0. The number of carbonyl (C=O) groups excluding carboxylic acids is 1. The van der Waals surface area contributed by atoms with Gasteiger partial charge in [-0.05, 0) is 48.8 Å². The summed E-state index contributed by atoms with van der Waals surface area (Å²) >= 11 is 3.37. The lowest BCUT2D eigenvalue weighted by molar-refractivity contribution is 0.102. The smallest absolute Gasteiger partial charge is 0.234 e. The Morgan fingerprint density at radius 2 is 2.24 bits per heavy atom. The second-order valence-corrected chi connectivity index (χ2v) is 5.91. The van der Waals surface area contributed by atoms with Gasteiger partial charge in [-0.25, -0.2) is 4.68 Å². The standard InChI is InChI=1S/C13H17BrN6O/c1-2-19-12(10(14)7-16-19)13(21)11-8-20(18-17-11)9-3-5-15-6-4-9/h7-9,15H,2-6H2,1H3. The van der Waals surface area contributed by atoms with Crippen LogP contribution in [0.2, 0.25) is 0 Å². The van der Waals surface area contributed by atoms with Crippen LogP contribution in [0.25, 0.3) is 0 Å². The van der Waals surface area contributed by atoms with Crippen molar-refractivity contribution >= 4 is 21.7 Å². The van der Waals surface area contributed by atoms with Crippen LogP contribution >= 0.6 is 15.9 Å².